The average molecular weight is 633 g/mol. The molecule has 0 fully saturated rings. The zero-order chi connectivity index (χ0) is 31.1. The van der Waals surface area contributed by atoms with Crippen LogP contribution in [-0.4, -0.2) is 4.57 Å². The Hall–Kier alpha value is -5.73. The lowest BCUT2D eigenvalue weighted by atomic mass is 9.99. The highest BCUT2D eigenvalue weighted by atomic mass is 32.1. The Morgan fingerprint density at radius 2 is 1.15 bits per heavy atom. The Labute approximate surface area is 278 Å². The Balaban J connectivity index is 1.23. The molecule has 0 saturated heterocycles. The lowest BCUT2D eigenvalue weighted by molar-refractivity contribution is 1.20. The molecule has 218 valence electrons. The Bertz CT molecular complexity index is 2920. The summed E-state index contributed by atoms with van der Waals surface area (Å²) in [5.41, 5.74) is 8.91. The molecule has 10 rings (SSSR count). The van der Waals surface area contributed by atoms with Crippen LogP contribution in [0.5, 0.6) is 0 Å². The summed E-state index contributed by atoms with van der Waals surface area (Å²) in [5.74, 6) is 0. The summed E-state index contributed by atoms with van der Waals surface area (Å²) in [6.07, 6.45) is 0. The Morgan fingerprint density at radius 1 is 0.447 bits per heavy atom. The number of aromatic nitrogens is 1. The van der Waals surface area contributed by atoms with Gasteiger partial charge >= 0.3 is 0 Å². The Morgan fingerprint density at radius 3 is 2.02 bits per heavy atom. The van der Waals surface area contributed by atoms with Crippen LogP contribution in [0.15, 0.2) is 146 Å². The zero-order valence-corrected chi connectivity index (χ0v) is 26.7. The van der Waals surface area contributed by atoms with Gasteiger partial charge in [0.05, 0.1) is 28.0 Å². The van der Waals surface area contributed by atoms with Gasteiger partial charge in [-0.25, -0.2) is 4.85 Å². The van der Waals surface area contributed by atoms with E-state index in [9.17, 15) is 0 Å². The summed E-state index contributed by atoms with van der Waals surface area (Å²) < 4.78 is 7.20. The molecule has 3 heterocycles. The minimum atomic E-state index is 0.706. The van der Waals surface area contributed by atoms with Crippen LogP contribution in [0.25, 0.3) is 94.9 Å². The molecular weight excluding hydrogens is 609 g/mol. The van der Waals surface area contributed by atoms with Gasteiger partial charge in [-0.3, -0.25) is 0 Å². The largest absolute Gasteiger partial charge is 0.308 e. The fraction of sp³-hybridized carbons (Fsp3) is 0. The molecule has 0 unspecified atom stereocenters. The van der Waals surface area contributed by atoms with Crippen molar-refractivity contribution in [3.05, 3.63) is 157 Å². The molecule has 0 saturated carbocycles. The number of fused-ring (bicyclic) bond motifs is 9. The molecule has 0 bridgehead atoms. The van der Waals surface area contributed by atoms with Crippen LogP contribution < -0.4 is 0 Å². The van der Waals surface area contributed by atoms with Crippen molar-refractivity contribution in [3.8, 4) is 27.9 Å². The van der Waals surface area contributed by atoms with E-state index in [1.54, 1.807) is 11.3 Å². The zero-order valence-electron chi connectivity index (χ0n) is 25.1. The predicted octanol–water partition coefficient (Wildman–Crippen LogP) is 13.4. The molecule has 47 heavy (non-hydrogen) atoms. The lowest BCUT2D eigenvalue weighted by Crippen LogP contribution is -1.93. The normalized spacial score (nSPS) is 11.8. The molecular formula is C43H24N2S2. The van der Waals surface area contributed by atoms with Gasteiger partial charge in [-0.15, -0.1) is 22.7 Å². The van der Waals surface area contributed by atoms with Gasteiger partial charge in [0.1, 0.15) is 0 Å². The van der Waals surface area contributed by atoms with Crippen molar-refractivity contribution in [3.63, 3.8) is 0 Å². The second-order valence-electron chi connectivity index (χ2n) is 12.0. The highest BCUT2D eigenvalue weighted by Crippen LogP contribution is 2.47. The van der Waals surface area contributed by atoms with Crippen molar-refractivity contribution in [2.45, 2.75) is 0 Å². The second-order valence-corrected chi connectivity index (χ2v) is 14.0. The molecule has 0 spiro atoms. The van der Waals surface area contributed by atoms with E-state index >= 15 is 0 Å². The molecule has 10 aromatic rings. The smallest absolute Gasteiger partial charge is 0.205 e. The van der Waals surface area contributed by atoms with Crippen LogP contribution in [-0.2, 0) is 0 Å². The van der Waals surface area contributed by atoms with E-state index < -0.39 is 0 Å². The highest BCUT2D eigenvalue weighted by molar-refractivity contribution is 7.27. The number of hydrogen-bond acceptors (Lipinski definition) is 2. The van der Waals surface area contributed by atoms with Gasteiger partial charge in [-0.1, -0.05) is 103 Å². The highest BCUT2D eigenvalue weighted by Gasteiger charge is 2.20. The maximum absolute atomic E-state index is 8.24. The molecule has 7 aromatic carbocycles. The van der Waals surface area contributed by atoms with Gasteiger partial charge in [0, 0.05) is 41.0 Å². The van der Waals surface area contributed by atoms with Crippen LogP contribution in [0.3, 0.4) is 0 Å². The van der Waals surface area contributed by atoms with E-state index in [1.807, 2.05) is 11.3 Å². The number of benzene rings is 7. The monoisotopic (exact) mass is 632 g/mol. The quantitative estimate of drug-likeness (QED) is 0.171. The molecule has 0 radical (unpaired) electrons. The predicted molar refractivity (Wildman–Crippen MR) is 204 cm³/mol. The van der Waals surface area contributed by atoms with Crippen molar-refractivity contribution < 1.29 is 0 Å². The van der Waals surface area contributed by atoms with Crippen LogP contribution in [0.4, 0.5) is 5.69 Å². The van der Waals surface area contributed by atoms with Crippen LogP contribution >= 0.6 is 22.7 Å². The van der Waals surface area contributed by atoms with E-state index in [-0.39, 0.29) is 0 Å². The summed E-state index contributed by atoms with van der Waals surface area (Å²) in [4.78, 5) is 4.09. The number of rotatable bonds is 3. The average Bonchev–Trinajstić information content (AvgIpc) is 3.81. The third kappa shape index (κ3) is 3.88. The molecule has 0 N–H and O–H groups in total. The van der Waals surface area contributed by atoms with Crippen LogP contribution in [0.2, 0.25) is 0 Å². The van der Waals surface area contributed by atoms with Gasteiger partial charge in [0.2, 0.25) is 5.69 Å². The second kappa shape index (κ2) is 10.1. The third-order valence-electron chi connectivity index (χ3n) is 9.41. The summed E-state index contributed by atoms with van der Waals surface area (Å²) in [5, 5.41) is 7.35. The number of para-hydroxylation sites is 1. The first-order valence-corrected chi connectivity index (χ1v) is 17.3. The molecule has 0 atom stereocenters. The maximum atomic E-state index is 8.24. The van der Waals surface area contributed by atoms with Gasteiger partial charge < -0.3 is 4.57 Å². The first-order valence-electron chi connectivity index (χ1n) is 15.6. The van der Waals surface area contributed by atoms with Crippen molar-refractivity contribution in [1.82, 2.24) is 4.57 Å². The van der Waals surface area contributed by atoms with Crippen molar-refractivity contribution in [1.29, 1.82) is 0 Å². The van der Waals surface area contributed by atoms with E-state index in [2.05, 4.69) is 155 Å². The van der Waals surface area contributed by atoms with Crippen molar-refractivity contribution in [2.24, 2.45) is 0 Å². The van der Waals surface area contributed by atoms with E-state index in [1.165, 1.54) is 68.8 Å². The molecule has 0 aliphatic heterocycles. The molecule has 0 aliphatic rings. The minimum absolute atomic E-state index is 0.706. The standard InChI is InChI=1S/C43H24N2S2/c1-44-36-25-28(29-15-9-16-32-31-14-6-8-20-40(31)46-41(29)32)24-35-33-17-10-19-39(43(33)47-42(35)36)45-37-18-7-5-13-30(37)34-23-27(21-22-38(34)45)26-11-3-2-4-12-26/h2-25H. The van der Waals surface area contributed by atoms with E-state index in [4.69, 9.17) is 6.57 Å². The first kappa shape index (κ1) is 26.5. The molecule has 4 heteroatoms. The topological polar surface area (TPSA) is 9.29 Å². The lowest BCUT2D eigenvalue weighted by Gasteiger charge is -2.10. The molecule has 0 amide bonds. The van der Waals surface area contributed by atoms with Crippen LogP contribution in [0, 0.1) is 6.57 Å². The van der Waals surface area contributed by atoms with Crippen molar-refractivity contribution in [2.75, 3.05) is 0 Å². The number of thiophene rings is 2. The number of nitrogens with zero attached hydrogens (tertiary/aromatic N) is 2. The van der Waals surface area contributed by atoms with Gasteiger partial charge in [0.25, 0.3) is 0 Å². The summed E-state index contributed by atoms with van der Waals surface area (Å²) >= 11 is 3.57. The van der Waals surface area contributed by atoms with Gasteiger partial charge in [-0.2, -0.15) is 0 Å². The fourth-order valence-electron chi connectivity index (χ4n) is 7.30. The molecule has 0 aliphatic carbocycles. The van der Waals surface area contributed by atoms with E-state index in [0.717, 1.165) is 21.3 Å². The Kier molecular flexibility index (Phi) is 5.71. The SMILES string of the molecule is [C-]#[N+]c1cc(-c2cccc3c2sc2ccccc23)cc2c1sc1c(-n3c4ccccc4c4cc(-c5ccccc5)ccc43)cccc12. The summed E-state index contributed by atoms with van der Waals surface area (Å²) in [7, 11) is 0. The van der Waals surface area contributed by atoms with E-state index in [0.29, 0.717) is 5.69 Å². The molecule has 2 nitrogen and oxygen atoms in total. The summed E-state index contributed by atoms with van der Waals surface area (Å²) in [6.45, 7) is 8.24. The van der Waals surface area contributed by atoms with Crippen molar-refractivity contribution >= 4 is 90.5 Å². The van der Waals surface area contributed by atoms with Crippen LogP contribution in [0.1, 0.15) is 0 Å². The first-order chi connectivity index (χ1) is 23.3. The summed E-state index contributed by atoms with van der Waals surface area (Å²) in [6, 6.07) is 52.3. The maximum Gasteiger partial charge on any atom is 0.205 e. The minimum Gasteiger partial charge on any atom is -0.308 e. The molecule has 3 aromatic heterocycles. The van der Waals surface area contributed by atoms with Gasteiger partial charge in [0.15, 0.2) is 0 Å². The van der Waals surface area contributed by atoms with Gasteiger partial charge in [-0.05, 0) is 70.1 Å². The number of hydrogen-bond donors (Lipinski definition) is 0. The third-order valence-corrected chi connectivity index (χ3v) is 11.9. The fourth-order valence-corrected chi connectivity index (χ4v) is 9.78.